The number of benzene rings is 1. The largest absolute Gasteiger partial charge is 0.379 e. The third-order valence-electron chi connectivity index (χ3n) is 5.41. The molecule has 0 unspecified atom stereocenters. The lowest BCUT2D eigenvalue weighted by Crippen LogP contribution is -2.35. The minimum atomic E-state index is 0.00746. The van der Waals surface area contributed by atoms with Crippen molar-refractivity contribution in [3.05, 3.63) is 42.1 Å². The van der Waals surface area contributed by atoms with Gasteiger partial charge in [0.2, 0.25) is 0 Å². The molecule has 0 amide bonds. The number of anilines is 1. The van der Waals surface area contributed by atoms with Gasteiger partial charge in [-0.25, -0.2) is 9.61 Å². The number of nitrogens with one attached hydrogen (secondary N) is 1. The Balaban J connectivity index is 1.87. The molecule has 4 aromatic rings. The van der Waals surface area contributed by atoms with Crippen molar-refractivity contribution in [1.29, 1.82) is 0 Å². The molecule has 4 rings (SSSR count). The van der Waals surface area contributed by atoms with Gasteiger partial charge in [-0.05, 0) is 29.2 Å². The predicted molar refractivity (Wildman–Crippen MR) is 121 cm³/mol. The summed E-state index contributed by atoms with van der Waals surface area (Å²) in [5.41, 5.74) is 16.9. The first-order chi connectivity index (χ1) is 14.9. The van der Waals surface area contributed by atoms with E-state index in [9.17, 15) is 0 Å². The Labute approximate surface area is 180 Å². The summed E-state index contributed by atoms with van der Waals surface area (Å²) in [6.07, 6.45) is 1.91. The van der Waals surface area contributed by atoms with E-state index in [0.29, 0.717) is 31.2 Å². The topological polar surface area (TPSA) is 134 Å². The van der Waals surface area contributed by atoms with Crippen molar-refractivity contribution < 1.29 is 4.63 Å². The van der Waals surface area contributed by atoms with Crippen molar-refractivity contribution in [2.24, 2.45) is 11.1 Å². The first-order valence-electron chi connectivity index (χ1n) is 10.4. The quantitative estimate of drug-likeness (QED) is 0.396. The van der Waals surface area contributed by atoms with E-state index in [1.807, 2.05) is 36.5 Å². The molecule has 0 spiro atoms. The standard InChI is InChI=1S/C22H28N8O/c1-4-30-19-15(10-25-13-22(2,3)12-23)11-26-16(14-8-6-5-7-9-14)17(19)27-21(30)18-20(24)29-31-28-18/h5-9,11,25H,4,10,12-13,23H2,1-3H3,(H2,24,29). The fourth-order valence-electron chi connectivity index (χ4n) is 3.59. The van der Waals surface area contributed by atoms with Gasteiger partial charge in [-0.1, -0.05) is 44.2 Å². The molecular weight excluding hydrogens is 392 g/mol. The van der Waals surface area contributed by atoms with E-state index >= 15 is 0 Å². The van der Waals surface area contributed by atoms with Gasteiger partial charge in [0.1, 0.15) is 5.52 Å². The minimum absolute atomic E-state index is 0.00746. The van der Waals surface area contributed by atoms with Crippen LogP contribution in [0.2, 0.25) is 0 Å². The molecule has 0 aliphatic rings. The molecule has 9 heteroatoms. The van der Waals surface area contributed by atoms with E-state index in [-0.39, 0.29) is 11.2 Å². The Morgan fingerprint density at radius 2 is 1.90 bits per heavy atom. The molecule has 31 heavy (non-hydrogen) atoms. The zero-order valence-corrected chi connectivity index (χ0v) is 18.1. The lowest BCUT2D eigenvalue weighted by molar-refractivity contribution is 0.310. The molecule has 162 valence electrons. The smallest absolute Gasteiger partial charge is 0.199 e. The monoisotopic (exact) mass is 420 g/mol. The van der Waals surface area contributed by atoms with E-state index < -0.39 is 0 Å². The number of aromatic nitrogens is 5. The predicted octanol–water partition coefficient (Wildman–Crippen LogP) is 2.82. The highest BCUT2D eigenvalue weighted by Crippen LogP contribution is 2.33. The molecule has 0 aliphatic heterocycles. The molecule has 3 heterocycles. The first kappa shape index (κ1) is 21.0. The summed E-state index contributed by atoms with van der Waals surface area (Å²) >= 11 is 0. The molecule has 5 N–H and O–H groups in total. The zero-order valence-electron chi connectivity index (χ0n) is 18.1. The van der Waals surface area contributed by atoms with Crippen LogP contribution in [0.1, 0.15) is 26.3 Å². The van der Waals surface area contributed by atoms with Gasteiger partial charge < -0.3 is 21.4 Å². The molecule has 1 aromatic carbocycles. The number of hydrogen-bond acceptors (Lipinski definition) is 8. The third-order valence-corrected chi connectivity index (χ3v) is 5.41. The van der Waals surface area contributed by atoms with Gasteiger partial charge in [0.15, 0.2) is 17.3 Å². The average Bonchev–Trinajstić information content (AvgIpc) is 3.37. The van der Waals surface area contributed by atoms with Gasteiger partial charge in [0.05, 0.1) is 11.2 Å². The molecule has 0 aliphatic carbocycles. The van der Waals surface area contributed by atoms with Gasteiger partial charge in [0.25, 0.3) is 0 Å². The number of rotatable bonds is 8. The lowest BCUT2D eigenvalue weighted by Gasteiger charge is -2.23. The number of hydrogen-bond donors (Lipinski definition) is 3. The Morgan fingerprint density at radius 1 is 1.13 bits per heavy atom. The van der Waals surface area contributed by atoms with Gasteiger partial charge in [-0.2, -0.15) is 0 Å². The molecule has 0 radical (unpaired) electrons. The summed E-state index contributed by atoms with van der Waals surface area (Å²) in [5, 5.41) is 11.2. The van der Waals surface area contributed by atoms with Crippen molar-refractivity contribution >= 4 is 16.9 Å². The van der Waals surface area contributed by atoms with Crippen molar-refractivity contribution in [2.75, 3.05) is 18.8 Å². The fourth-order valence-corrected chi connectivity index (χ4v) is 3.59. The zero-order chi connectivity index (χ0) is 22.0. The second kappa shape index (κ2) is 8.44. The van der Waals surface area contributed by atoms with Crippen LogP contribution in [0.25, 0.3) is 33.8 Å². The van der Waals surface area contributed by atoms with Crippen molar-refractivity contribution in [3.63, 3.8) is 0 Å². The second-order valence-corrected chi connectivity index (χ2v) is 8.34. The van der Waals surface area contributed by atoms with Gasteiger partial charge in [-0.3, -0.25) is 4.98 Å². The van der Waals surface area contributed by atoms with Crippen molar-refractivity contribution in [2.45, 2.75) is 33.9 Å². The Morgan fingerprint density at radius 3 is 2.55 bits per heavy atom. The average molecular weight is 421 g/mol. The highest BCUT2D eigenvalue weighted by Gasteiger charge is 2.23. The molecule has 0 atom stereocenters. The van der Waals surface area contributed by atoms with Crippen LogP contribution in [0.5, 0.6) is 0 Å². The summed E-state index contributed by atoms with van der Waals surface area (Å²) in [4.78, 5) is 9.68. The maximum absolute atomic E-state index is 5.99. The summed E-state index contributed by atoms with van der Waals surface area (Å²) < 4.78 is 6.92. The second-order valence-electron chi connectivity index (χ2n) is 8.34. The van der Waals surface area contributed by atoms with E-state index in [0.717, 1.165) is 34.4 Å². The van der Waals surface area contributed by atoms with Crippen molar-refractivity contribution in [1.82, 2.24) is 30.2 Å². The molecular formula is C22H28N8O. The SMILES string of the molecule is CCn1c(-c2nonc2N)nc2c(-c3ccccc3)ncc(CNCC(C)(C)CN)c21. The maximum atomic E-state index is 5.99. The summed E-state index contributed by atoms with van der Waals surface area (Å²) in [6.45, 7) is 9.06. The van der Waals surface area contributed by atoms with E-state index in [2.05, 4.69) is 41.0 Å². The van der Waals surface area contributed by atoms with Gasteiger partial charge >= 0.3 is 0 Å². The fraction of sp³-hybridized carbons (Fsp3) is 0.364. The molecule has 0 bridgehead atoms. The van der Waals surface area contributed by atoms with Crippen LogP contribution in [0.15, 0.2) is 41.2 Å². The van der Waals surface area contributed by atoms with Crippen molar-refractivity contribution in [3.8, 4) is 22.8 Å². The van der Waals surface area contributed by atoms with Crippen LogP contribution in [0.3, 0.4) is 0 Å². The normalized spacial score (nSPS) is 12.0. The molecule has 9 nitrogen and oxygen atoms in total. The highest BCUT2D eigenvalue weighted by molar-refractivity contribution is 5.94. The van der Waals surface area contributed by atoms with E-state index in [4.69, 9.17) is 26.1 Å². The molecule has 0 saturated heterocycles. The number of nitrogens with two attached hydrogens (primary N) is 2. The summed E-state index contributed by atoms with van der Waals surface area (Å²) in [7, 11) is 0. The van der Waals surface area contributed by atoms with Crippen LogP contribution >= 0.6 is 0 Å². The number of pyridine rings is 1. The Kier molecular flexibility index (Phi) is 5.71. The van der Waals surface area contributed by atoms with Gasteiger partial charge in [-0.15, -0.1) is 0 Å². The third kappa shape index (κ3) is 4.01. The lowest BCUT2D eigenvalue weighted by atomic mass is 9.94. The molecule has 0 fully saturated rings. The van der Waals surface area contributed by atoms with E-state index in [1.54, 1.807) is 0 Å². The number of imidazole rings is 1. The summed E-state index contributed by atoms with van der Waals surface area (Å²) in [6, 6.07) is 10.0. The molecule has 3 aromatic heterocycles. The first-order valence-corrected chi connectivity index (χ1v) is 10.4. The summed E-state index contributed by atoms with van der Waals surface area (Å²) in [5.74, 6) is 0.827. The van der Waals surface area contributed by atoms with Crippen LogP contribution in [-0.2, 0) is 13.1 Å². The number of nitrogen functional groups attached to an aromatic ring is 1. The maximum Gasteiger partial charge on any atom is 0.199 e. The van der Waals surface area contributed by atoms with Gasteiger partial charge in [0, 0.05) is 37.0 Å². The number of fused-ring (bicyclic) bond motifs is 1. The number of nitrogens with zero attached hydrogens (tertiary/aromatic N) is 5. The Hall–Kier alpha value is -3.30. The Bertz CT molecular complexity index is 1180. The van der Waals surface area contributed by atoms with Crippen LogP contribution in [-0.4, -0.2) is 37.9 Å². The molecule has 0 saturated carbocycles. The van der Waals surface area contributed by atoms with Crippen LogP contribution in [0.4, 0.5) is 5.82 Å². The minimum Gasteiger partial charge on any atom is -0.379 e. The van der Waals surface area contributed by atoms with E-state index in [1.165, 1.54) is 0 Å². The van der Waals surface area contributed by atoms with Crippen LogP contribution < -0.4 is 16.8 Å². The van der Waals surface area contributed by atoms with Crippen LogP contribution in [0, 0.1) is 5.41 Å². The highest BCUT2D eigenvalue weighted by atomic mass is 16.6. The number of aryl methyl sites for hydroxylation is 1.